The molecule has 0 N–H and O–H groups in total. The van der Waals surface area contributed by atoms with Crippen LogP contribution in [0.3, 0.4) is 0 Å². The number of nitrogens with zero attached hydrogens (tertiary/aromatic N) is 4. The van der Waals surface area contributed by atoms with Crippen LogP contribution in [0.25, 0.3) is 0 Å². The van der Waals surface area contributed by atoms with Crippen LogP contribution < -0.4 is 0 Å². The smallest absolute Gasteiger partial charge is 0.320 e. The second-order valence-electron chi connectivity index (χ2n) is 9.59. The average molecular weight is 555 g/mol. The predicted molar refractivity (Wildman–Crippen MR) is 139 cm³/mol. The van der Waals surface area contributed by atoms with Gasteiger partial charge in [-0.15, -0.1) is 0 Å². The minimum Gasteiger partial charge on any atom is -0.323 e. The normalized spacial score (nSPS) is 19.4. The molecule has 2 heterocycles. The molecule has 7 nitrogen and oxygen atoms in total. The molecule has 0 bridgehead atoms. The van der Waals surface area contributed by atoms with Crippen LogP contribution in [0.5, 0.6) is 0 Å². The molecular formula is C26H33ClF2N4O3S. The lowest BCUT2D eigenvalue weighted by atomic mass is 10.1. The number of hydrogen-bond donors (Lipinski definition) is 0. The SMILES string of the molecule is CCCN1CCN(C(=O)N2CCCC(N(Cc3cc(F)ccc3F)S(=O)(=O)c3ccc(Cl)cc3)C2)CC1. The molecule has 0 aromatic heterocycles. The lowest BCUT2D eigenvalue weighted by Gasteiger charge is -2.42. The van der Waals surface area contributed by atoms with Crippen molar-refractivity contribution in [2.24, 2.45) is 0 Å². The van der Waals surface area contributed by atoms with E-state index in [2.05, 4.69) is 11.8 Å². The fourth-order valence-corrected chi connectivity index (χ4v) is 6.78. The molecule has 37 heavy (non-hydrogen) atoms. The van der Waals surface area contributed by atoms with Crippen LogP contribution in [0.15, 0.2) is 47.4 Å². The van der Waals surface area contributed by atoms with Gasteiger partial charge in [0.05, 0.1) is 4.90 Å². The summed E-state index contributed by atoms with van der Waals surface area (Å²) in [6.45, 7) is 6.36. The summed E-state index contributed by atoms with van der Waals surface area (Å²) >= 11 is 5.96. The Morgan fingerprint density at radius 3 is 2.41 bits per heavy atom. The number of sulfonamides is 1. The van der Waals surface area contributed by atoms with Crippen molar-refractivity contribution in [3.8, 4) is 0 Å². The fraction of sp³-hybridized carbons (Fsp3) is 0.500. The van der Waals surface area contributed by atoms with Crippen LogP contribution in [0, 0.1) is 11.6 Å². The summed E-state index contributed by atoms with van der Waals surface area (Å²) in [6.07, 6.45) is 2.16. The van der Waals surface area contributed by atoms with E-state index in [-0.39, 0.29) is 29.6 Å². The molecule has 1 unspecified atom stereocenters. The van der Waals surface area contributed by atoms with Crippen LogP contribution in [-0.4, -0.2) is 85.3 Å². The predicted octanol–water partition coefficient (Wildman–Crippen LogP) is 4.42. The van der Waals surface area contributed by atoms with E-state index in [0.29, 0.717) is 37.5 Å². The number of urea groups is 1. The van der Waals surface area contributed by atoms with Crippen LogP contribution >= 0.6 is 11.6 Å². The van der Waals surface area contributed by atoms with E-state index in [1.807, 2.05) is 4.90 Å². The highest BCUT2D eigenvalue weighted by molar-refractivity contribution is 7.89. The maximum absolute atomic E-state index is 14.6. The number of rotatable bonds is 7. The first-order valence-electron chi connectivity index (χ1n) is 12.7. The Hall–Kier alpha value is -2.27. The first-order chi connectivity index (χ1) is 17.7. The van der Waals surface area contributed by atoms with Crippen molar-refractivity contribution in [2.45, 2.75) is 43.7 Å². The molecule has 0 saturated carbocycles. The summed E-state index contributed by atoms with van der Waals surface area (Å²) in [5.74, 6) is -1.34. The number of hydrogen-bond acceptors (Lipinski definition) is 4. The second kappa shape index (κ2) is 12.1. The van der Waals surface area contributed by atoms with Gasteiger partial charge in [-0.3, -0.25) is 4.90 Å². The van der Waals surface area contributed by atoms with E-state index in [1.165, 1.54) is 28.6 Å². The van der Waals surface area contributed by atoms with Crippen LogP contribution in [0.2, 0.25) is 5.02 Å². The van der Waals surface area contributed by atoms with Crippen molar-refractivity contribution in [3.05, 3.63) is 64.7 Å². The van der Waals surface area contributed by atoms with Gasteiger partial charge in [0, 0.05) is 62.4 Å². The van der Waals surface area contributed by atoms with Gasteiger partial charge in [-0.05, 0) is 68.3 Å². The highest BCUT2D eigenvalue weighted by Crippen LogP contribution is 2.28. The van der Waals surface area contributed by atoms with E-state index in [9.17, 15) is 22.0 Å². The van der Waals surface area contributed by atoms with Gasteiger partial charge in [0.2, 0.25) is 10.0 Å². The Bertz CT molecular complexity index is 1190. The zero-order valence-electron chi connectivity index (χ0n) is 21.0. The van der Waals surface area contributed by atoms with Crippen molar-refractivity contribution in [2.75, 3.05) is 45.8 Å². The van der Waals surface area contributed by atoms with Gasteiger partial charge >= 0.3 is 6.03 Å². The molecule has 2 saturated heterocycles. The maximum atomic E-state index is 14.6. The molecule has 2 aliphatic heterocycles. The molecule has 2 aromatic carbocycles. The monoisotopic (exact) mass is 554 g/mol. The summed E-state index contributed by atoms with van der Waals surface area (Å²) in [6, 6.07) is 8.05. The maximum Gasteiger partial charge on any atom is 0.320 e. The van der Waals surface area contributed by atoms with Crippen LogP contribution in [-0.2, 0) is 16.6 Å². The van der Waals surface area contributed by atoms with Crippen molar-refractivity contribution in [3.63, 3.8) is 0 Å². The Kier molecular flexibility index (Phi) is 9.05. The van der Waals surface area contributed by atoms with Gasteiger partial charge in [0.15, 0.2) is 0 Å². The number of carbonyl (C=O) groups excluding carboxylic acids is 1. The van der Waals surface area contributed by atoms with E-state index in [1.54, 1.807) is 4.90 Å². The van der Waals surface area contributed by atoms with Gasteiger partial charge in [0.1, 0.15) is 11.6 Å². The first-order valence-corrected chi connectivity index (χ1v) is 14.5. The van der Waals surface area contributed by atoms with Gasteiger partial charge < -0.3 is 9.80 Å². The fourth-order valence-electron chi connectivity index (χ4n) is 5.03. The van der Waals surface area contributed by atoms with Crippen molar-refractivity contribution in [1.82, 2.24) is 19.0 Å². The molecule has 0 radical (unpaired) electrons. The Labute approximate surface area is 222 Å². The van der Waals surface area contributed by atoms with E-state index in [0.717, 1.165) is 44.3 Å². The van der Waals surface area contributed by atoms with Crippen molar-refractivity contribution < 1.29 is 22.0 Å². The Balaban J connectivity index is 1.57. The standard InChI is InChI=1S/C26H33ClF2N4O3S/c1-2-11-30-13-15-31(16-14-30)26(34)32-12-3-4-23(19-32)33(18-20-17-22(28)7-10-25(20)29)37(35,36)24-8-5-21(27)6-9-24/h5-10,17,23H,2-4,11-16,18-19H2,1H3. The number of amides is 2. The van der Waals surface area contributed by atoms with Gasteiger partial charge in [-0.1, -0.05) is 18.5 Å². The molecule has 0 aliphatic carbocycles. The van der Waals surface area contributed by atoms with E-state index < -0.39 is 27.7 Å². The minimum atomic E-state index is -4.11. The average Bonchev–Trinajstić information content (AvgIpc) is 2.89. The van der Waals surface area contributed by atoms with Crippen molar-refractivity contribution >= 4 is 27.7 Å². The summed E-state index contributed by atoms with van der Waals surface area (Å²) < 4.78 is 57.3. The van der Waals surface area contributed by atoms with E-state index >= 15 is 0 Å². The van der Waals surface area contributed by atoms with Crippen LogP contribution in [0.1, 0.15) is 31.7 Å². The van der Waals surface area contributed by atoms with Gasteiger partial charge in [-0.25, -0.2) is 22.0 Å². The molecule has 2 aromatic rings. The highest BCUT2D eigenvalue weighted by atomic mass is 35.5. The molecule has 1 atom stereocenters. The lowest BCUT2D eigenvalue weighted by molar-refractivity contribution is 0.0932. The highest BCUT2D eigenvalue weighted by Gasteiger charge is 2.37. The topological polar surface area (TPSA) is 64.2 Å². The quantitative estimate of drug-likeness (QED) is 0.508. The summed E-state index contributed by atoms with van der Waals surface area (Å²) in [5, 5.41) is 0.384. The first kappa shape index (κ1) is 27.8. The zero-order valence-corrected chi connectivity index (χ0v) is 22.5. The molecule has 11 heteroatoms. The summed E-state index contributed by atoms with van der Waals surface area (Å²) in [5.41, 5.74) is -0.0620. The van der Waals surface area contributed by atoms with E-state index in [4.69, 9.17) is 11.6 Å². The summed E-state index contributed by atoms with van der Waals surface area (Å²) in [4.78, 5) is 19.2. The third-order valence-corrected chi connectivity index (χ3v) is 9.18. The number of halogens is 3. The molecule has 202 valence electrons. The zero-order chi connectivity index (χ0) is 26.6. The molecule has 2 fully saturated rings. The molecule has 0 spiro atoms. The number of benzene rings is 2. The largest absolute Gasteiger partial charge is 0.323 e. The van der Waals surface area contributed by atoms with Gasteiger partial charge in [0.25, 0.3) is 0 Å². The molecular weight excluding hydrogens is 522 g/mol. The summed E-state index contributed by atoms with van der Waals surface area (Å²) in [7, 11) is -4.11. The Morgan fingerprint density at radius 2 is 1.73 bits per heavy atom. The third-order valence-electron chi connectivity index (χ3n) is 7.01. The number of piperazine rings is 1. The second-order valence-corrected chi connectivity index (χ2v) is 11.9. The molecule has 4 rings (SSSR count). The van der Waals surface area contributed by atoms with Gasteiger partial charge in [-0.2, -0.15) is 4.31 Å². The number of likely N-dealkylation sites (tertiary alicyclic amines) is 1. The Morgan fingerprint density at radius 1 is 1.03 bits per heavy atom. The molecule has 2 amide bonds. The lowest BCUT2D eigenvalue weighted by Crippen LogP contribution is -2.57. The minimum absolute atomic E-state index is 0.00390. The van der Waals surface area contributed by atoms with Crippen LogP contribution in [0.4, 0.5) is 13.6 Å². The number of carbonyl (C=O) groups is 1. The third kappa shape index (κ3) is 6.60. The molecule has 2 aliphatic rings. The number of piperidine rings is 1. The van der Waals surface area contributed by atoms with Crippen molar-refractivity contribution in [1.29, 1.82) is 0 Å².